The molecule has 72 valence electrons. The largest absolute Gasteiger partial charge is 0.389 e. The molecule has 0 aromatic rings. The smallest absolute Gasteiger partial charge is 0.174 e. The van der Waals surface area contributed by atoms with Gasteiger partial charge in [-0.3, -0.25) is 4.79 Å². The van der Waals surface area contributed by atoms with Gasteiger partial charge < -0.3 is 15.9 Å². The highest BCUT2D eigenvalue weighted by Crippen LogP contribution is 2.36. The number of aliphatic hydroxyl groups excluding tert-OH is 1. The van der Waals surface area contributed by atoms with E-state index in [2.05, 4.69) is 0 Å². The molecular weight excluding hydrogens is 172 g/mol. The minimum absolute atomic E-state index is 0.00352. The number of nitrogens with two attached hydrogens (primary N) is 1. The highest BCUT2D eigenvalue weighted by atomic mass is 16.4. The summed E-state index contributed by atoms with van der Waals surface area (Å²) in [5.41, 5.74) is 3.79. The van der Waals surface area contributed by atoms with Crippen molar-refractivity contribution in [1.29, 1.82) is 5.26 Å². The molecule has 0 saturated heterocycles. The molecule has 0 spiro atoms. The van der Waals surface area contributed by atoms with Crippen molar-refractivity contribution >= 4 is 5.78 Å². The van der Waals surface area contributed by atoms with Crippen LogP contribution in [0.2, 0.25) is 0 Å². The number of carbonyl (C=O) groups excluding carboxylic acids is 1. The maximum atomic E-state index is 11.2. The minimum atomic E-state index is -1.68. The molecule has 13 heavy (non-hydrogen) atoms. The summed E-state index contributed by atoms with van der Waals surface area (Å²) in [4.78, 5) is 11.2. The van der Waals surface area contributed by atoms with Gasteiger partial charge >= 0.3 is 0 Å². The lowest BCUT2D eigenvalue weighted by molar-refractivity contribution is -0.190. The first-order valence-electron chi connectivity index (χ1n) is 4.00. The van der Waals surface area contributed by atoms with Crippen molar-refractivity contribution in [2.45, 2.75) is 31.1 Å². The Morgan fingerprint density at radius 2 is 2.38 bits per heavy atom. The first-order chi connectivity index (χ1) is 5.92. The Kier molecular flexibility index (Phi) is 2.39. The van der Waals surface area contributed by atoms with Gasteiger partial charge in [0.1, 0.15) is 11.7 Å². The Hall–Kier alpha value is -0.960. The van der Waals surface area contributed by atoms with Gasteiger partial charge in [0, 0.05) is 6.04 Å². The molecule has 1 saturated carbocycles. The molecule has 0 radical (unpaired) electrons. The second-order valence-electron chi connectivity index (χ2n) is 3.51. The van der Waals surface area contributed by atoms with Crippen molar-refractivity contribution in [3.8, 4) is 6.07 Å². The Bertz CT molecular complexity index is 269. The fourth-order valence-corrected chi connectivity index (χ4v) is 1.54. The fourth-order valence-electron chi connectivity index (χ4n) is 1.54. The number of aliphatic hydroxyl groups is 2. The van der Waals surface area contributed by atoms with Crippen molar-refractivity contribution < 1.29 is 15.0 Å². The van der Waals surface area contributed by atoms with E-state index in [1.54, 1.807) is 0 Å². The molecule has 0 aromatic carbocycles. The Balaban J connectivity index is 2.67. The summed E-state index contributed by atoms with van der Waals surface area (Å²) in [5.74, 6) is -1.28. The summed E-state index contributed by atoms with van der Waals surface area (Å²) in [6, 6.07) is 1.13. The normalized spacial score (nSPS) is 40.7. The first-order valence-corrected chi connectivity index (χ1v) is 4.00. The number of hydrogen-bond acceptors (Lipinski definition) is 5. The zero-order chi connectivity index (χ0) is 10.2. The van der Waals surface area contributed by atoms with Crippen LogP contribution < -0.4 is 5.73 Å². The van der Waals surface area contributed by atoms with Crippen molar-refractivity contribution in [2.24, 2.45) is 11.7 Å². The zero-order valence-electron chi connectivity index (χ0n) is 7.27. The number of nitrogens with zero attached hydrogens (tertiary/aromatic N) is 1. The number of rotatable bonds is 2. The van der Waals surface area contributed by atoms with Crippen molar-refractivity contribution in [2.75, 3.05) is 0 Å². The Labute approximate surface area is 75.8 Å². The van der Waals surface area contributed by atoms with Crippen LogP contribution in [-0.2, 0) is 4.79 Å². The molecule has 0 aliphatic heterocycles. The molecule has 4 N–H and O–H groups in total. The van der Waals surface area contributed by atoms with Crippen LogP contribution in [0.15, 0.2) is 0 Å². The number of hydrogen-bond donors (Lipinski definition) is 3. The predicted molar refractivity (Wildman–Crippen MR) is 43.3 cm³/mol. The van der Waals surface area contributed by atoms with Crippen LogP contribution in [0.1, 0.15) is 13.3 Å². The molecular formula is C8H12N2O3. The van der Waals surface area contributed by atoms with E-state index in [-0.39, 0.29) is 6.42 Å². The van der Waals surface area contributed by atoms with Crippen LogP contribution in [0.3, 0.4) is 0 Å². The van der Waals surface area contributed by atoms with Crippen molar-refractivity contribution in [1.82, 2.24) is 0 Å². The van der Waals surface area contributed by atoms with Crippen LogP contribution in [0, 0.1) is 17.2 Å². The molecule has 5 heteroatoms. The average molecular weight is 184 g/mol. The summed E-state index contributed by atoms with van der Waals surface area (Å²) in [5, 5.41) is 27.0. The van der Waals surface area contributed by atoms with E-state index in [1.165, 1.54) is 6.92 Å². The molecule has 5 nitrogen and oxygen atoms in total. The highest BCUT2D eigenvalue weighted by Gasteiger charge is 2.59. The Morgan fingerprint density at radius 1 is 1.85 bits per heavy atom. The number of nitriles is 1. The summed E-state index contributed by atoms with van der Waals surface area (Å²) in [6.45, 7) is 1.25. The van der Waals surface area contributed by atoms with Gasteiger partial charge in [0.05, 0.1) is 18.4 Å². The maximum absolute atomic E-state index is 11.2. The molecule has 0 bridgehead atoms. The van der Waals surface area contributed by atoms with E-state index < -0.39 is 29.4 Å². The quantitative estimate of drug-likeness (QED) is 0.486. The zero-order valence-corrected chi connectivity index (χ0v) is 7.27. The summed E-state index contributed by atoms with van der Waals surface area (Å²) in [7, 11) is 0. The summed E-state index contributed by atoms with van der Waals surface area (Å²) in [6.07, 6.45) is -1.15. The van der Waals surface area contributed by atoms with E-state index in [4.69, 9.17) is 11.0 Å². The van der Waals surface area contributed by atoms with Gasteiger partial charge in [-0.15, -0.1) is 0 Å². The Morgan fingerprint density at radius 3 is 2.77 bits per heavy atom. The van der Waals surface area contributed by atoms with Crippen molar-refractivity contribution in [3.63, 3.8) is 0 Å². The van der Waals surface area contributed by atoms with Crippen LogP contribution in [0.25, 0.3) is 0 Å². The van der Waals surface area contributed by atoms with Gasteiger partial charge in [0.15, 0.2) is 5.78 Å². The lowest BCUT2D eigenvalue weighted by Gasteiger charge is -2.46. The van der Waals surface area contributed by atoms with Crippen LogP contribution in [-0.4, -0.2) is 33.7 Å². The fraction of sp³-hybridized carbons (Fsp3) is 0.750. The van der Waals surface area contributed by atoms with Gasteiger partial charge in [-0.05, 0) is 6.92 Å². The molecule has 0 amide bonds. The van der Waals surface area contributed by atoms with E-state index in [0.717, 1.165) is 0 Å². The van der Waals surface area contributed by atoms with E-state index >= 15 is 0 Å². The van der Waals surface area contributed by atoms with E-state index in [1.807, 2.05) is 6.07 Å². The number of Topliss-reactive ketones (excluding diaryl/α,β-unsaturated/α-hetero) is 1. The van der Waals surface area contributed by atoms with Crippen LogP contribution in [0.5, 0.6) is 0 Å². The van der Waals surface area contributed by atoms with E-state index in [9.17, 15) is 15.0 Å². The second kappa shape index (κ2) is 3.07. The minimum Gasteiger partial charge on any atom is -0.389 e. The third-order valence-electron chi connectivity index (χ3n) is 2.51. The van der Waals surface area contributed by atoms with Gasteiger partial charge in [0.2, 0.25) is 0 Å². The molecule has 4 atom stereocenters. The third kappa shape index (κ3) is 1.33. The maximum Gasteiger partial charge on any atom is 0.174 e. The van der Waals surface area contributed by atoms with Gasteiger partial charge in [-0.25, -0.2) is 0 Å². The molecule has 0 aromatic heterocycles. The van der Waals surface area contributed by atoms with Gasteiger partial charge in [-0.2, -0.15) is 5.26 Å². The molecule has 1 aliphatic carbocycles. The topological polar surface area (TPSA) is 107 Å². The average Bonchev–Trinajstić information content (AvgIpc) is 2.05. The second-order valence-corrected chi connectivity index (χ2v) is 3.51. The molecule has 4 unspecified atom stereocenters. The molecule has 1 aliphatic rings. The molecule has 1 fully saturated rings. The SMILES string of the molecule is CC1(O)C(=O)C(C(N)CC#N)C1O. The van der Waals surface area contributed by atoms with Gasteiger partial charge in [-0.1, -0.05) is 0 Å². The molecule has 1 rings (SSSR count). The lowest BCUT2D eigenvalue weighted by Crippen LogP contribution is -2.70. The monoisotopic (exact) mass is 184 g/mol. The lowest BCUT2D eigenvalue weighted by atomic mass is 9.64. The standard InChI is InChI=1S/C8H12N2O3/c1-8(13)6(11)5(7(8)12)4(10)2-3-9/h4-6,11,13H,2,10H2,1H3. The summed E-state index contributed by atoms with van der Waals surface area (Å²) < 4.78 is 0. The van der Waals surface area contributed by atoms with Gasteiger partial charge in [0.25, 0.3) is 0 Å². The highest BCUT2D eigenvalue weighted by molar-refractivity contribution is 5.97. The molecule has 0 heterocycles. The van der Waals surface area contributed by atoms with Crippen molar-refractivity contribution in [3.05, 3.63) is 0 Å². The summed E-state index contributed by atoms with van der Waals surface area (Å²) >= 11 is 0. The predicted octanol–water partition coefficient (Wildman–Crippen LogP) is -1.46. The van der Waals surface area contributed by atoms with E-state index in [0.29, 0.717) is 0 Å². The van der Waals surface area contributed by atoms with Crippen LogP contribution in [0.4, 0.5) is 0 Å². The first kappa shape index (κ1) is 10.1. The van der Waals surface area contributed by atoms with Crippen LogP contribution >= 0.6 is 0 Å². The third-order valence-corrected chi connectivity index (χ3v) is 2.51. The number of carbonyl (C=O) groups is 1. The number of ketones is 1.